The van der Waals surface area contributed by atoms with E-state index < -0.39 is 37.5 Å². The minimum absolute atomic E-state index is 0. The van der Waals surface area contributed by atoms with Crippen LogP contribution in [-0.2, 0) is 31.5 Å². The minimum atomic E-state index is -1.45. The summed E-state index contributed by atoms with van der Waals surface area (Å²) >= 11 is 0. The van der Waals surface area contributed by atoms with E-state index in [1.165, 1.54) is 4.90 Å². The van der Waals surface area contributed by atoms with Crippen LogP contribution in [0.15, 0.2) is 0 Å². The maximum Gasteiger partial charge on any atom is 2.00 e. The van der Waals surface area contributed by atoms with Gasteiger partial charge >= 0.3 is 17.1 Å². The molecular weight excluding hydrogens is 316 g/mol. The van der Waals surface area contributed by atoms with Gasteiger partial charge in [-0.15, -0.1) is 0 Å². The average molecular weight is 331 g/mol. The molecule has 0 aliphatic rings. The van der Waals surface area contributed by atoms with Crippen LogP contribution in [0.2, 0.25) is 0 Å². The summed E-state index contributed by atoms with van der Waals surface area (Å²) in [5.74, 6) is -4.25. The molecule has 10 heteroatoms. The standard InChI is InChI=1S/C10H18N2O7.Fe/c13-4-3-11(5-8(14)15)1-2-12(6-9(16)17)7-10(18)19;/h13H,1-7H2,(H,14,15)(H,16,17)(H,18,19);/q;+2/p-3. The van der Waals surface area contributed by atoms with Crippen molar-refractivity contribution in [2.24, 2.45) is 0 Å². The first-order valence-electron chi connectivity index (χ1n) is 5.50. The third-order valence-electron chi connectivity index (χ3n) is 2.21. The zero-order valence-electron chi connectivity index (χ0n) is 10.6. The molecule has 0 atom stereocenters. The largest absolute Gasteiger partial charge is 2.00 e. The molecule has 20 heavy (non-hydrogen) atoms. The van der Waals surface area contributed by atoms with Gasteiger partial charge in [-0.25, -0.2) is 0 Å². The van der Waals surface area contributed by atoms with Crippen molar-refractivity contribution >= 4 is 17.9 Å². The number of carboxylic acid groups (broad SMARTS) is 3. The zero-order valence-corrected chi connectivity index (χ0v) is 11.7. The van der Waals surface area contributed by atoms with Crippen LogP contribution in [0.4, 0.5) is 0 Å². The van der Waals surface area contributed by atoms with Crippen LogP contribution in [0.1, 0.15) is 0 Å². The van der Waals surface area contributed by atoms with Crippen LogP contribution in [0.5, 0.6) is 0 Å². The molecule has 0 aliphatic carbocycles. The maximum absolute atomic E-state index is 10.4. The van der Waals surface area contributed by atoms with Crippen LogP contribution < -0.4 is 15.3 Å². The Hall–Kier alpha value is -1.19. The number of aliphatic hydroxyl groups is 1. The van der Waals surface area contributed by atoms with Crippen molar-refractivity contribution < 1.29 is 51.9 Å². The summed E-state index contributed by atoms with van der Waals surface area (Å²) in [4.78, 5) is 33.6. The number of nitrogens with zero attached hydrogens (tertiary/aromatic N) is 2. The molecule has 0 heterocycles. The van der Waals surface area contributed by atoms with Crippen molar-refractivity contribution in [2.45, 2.75) is 0 Å². The van der Waals surface area contributed by atoms with Crippen molar-refractivity contribution in [1.82, 2.24) is 9.80 Å². The predicted molar refractivity (Wildman–Crippen MR) is 55.0 cm³/mol. The summed E-state index contributed by atoms with van der Waals surface area (Å²) in [6, 6.07) is 0. The van der Waals surface area contributed by atoms with Gasteiger partial charge in [-0.05, 0) is 0 Å². The van der Waals surface area contributed by atoms with Gasteiger partial charge in [0.1, 0.15) is 0 Å². The van der Waals surface area contributed by atoms with E-state index in [1.54, 1.807) is 0 Å². The number of hydrogen-bond donors (Lipinski definition) is 1. The van der Waals surface area contributed by atoms with Gasteiger partial charge in [0, 0.05) is 39.3 Å². The SMILES string of the molecule is O=C([O-])CN(CCO)CCN(CC(=O)[O-])CC(=O)[O-].[Fe+2]. The first-order chi connectivity index (χ1) is 8.85. The van der Waals surface area contributed by atoms with Gasteiger partial charge in [-0.1, -0.05) is 0 Å². The fourth-order valence-electron chi connectivity index (χ4n) is 1.46. The van der Waals surface area contributed by atoms with Crippen LogP contribution in [0, 0.1) is 0 Å². The normalized spacial score (nSPS) is 10.3. The summed E-state index contributed by atoms with van der Waals surface area (Å²) in [6.45, 7) is -1.83. The van der Waals surface area contributed by atoms with Crippen molar-refractivity contribution in [2.75, 3.05) is 45.9 Å². The topological polar surface area (TPSA) is 147 Å². The third kappa shape index (κ3) is 11.9. The van der Waals surface area contributed by atoms with Gasteiger partial charge in [-0.3, -0.25) is 9.80 Å². The molecule has 0 aromatic carbocycles. The molecule has 9 nitrogen and oxygen atoms in total. The fourth-order valence-corrected chi connectivity index (χ4v) is 1.46. The van der Waals surface area contributed by atoms with Crippen LogP contribution in [-0.4, -0.2) is 78.7 Å². The summed E-state index contributed by atoms with van der Waals surface area (Å²) in [5, 5.41) is 40.0. The first-order valence-corrected chi connectivity index (χ1v) is 5.50. The number of aliphatic carboxylic acids is 3. The Labute approximate surface area is 126 Å². The van der Waals surface area contributed by atoms with Crippen molar-refractivity contribution in [3.63, 3.8) is 0 Å². The molecule has 0 aromatic heterocycles. The Kier molecular flexibility index (Phi) is 12.3. The summed E-state index contributed by atoms with van der Waals surface area (Å²) in [6.07, 6.45) is 0. The Morgan fingerprint density at radius 3 is 1.45 bits per heavy atom. The first kappa shape index (κ1) is 21.1. The van der Waals surface area contributed by atoms with Gasteiger partial charge in [-0.2, -0.15) is 0 Å². The molecule has 0 rings (SSSR count). The Bertz CT molecular complexity index is 311. The second-order valence-electron chi connectivity index (χ2n) is 3.83. The smallest absolute Gasteiger partial charge is 0.549 e. The molecule has 0 saturated heterocycles. The van der Waals surface area contributed by atoms with E-state index in [2.05, 4.69) is 0 Å². The molecule has 0 saturated carbocycles. The number of carbonyl (C=O) groups is 3. The fraction of sp³-hybridized carbons (Fsp3) is 0.700. The zero-order chi connectivity index (χ0) is 14.8. The van der Waals surface area contributed by atoms with Gasteiger partial charge in [0.15, 0.2) is 0 Å². The Balaban J connectivity index is 0. The summed E-state index contributed by atoms with van der Waals surface area (Å²) < 4.78 is 0. The van der Waals surface area contributed by atoms with Crippen LogP contribution >= 0.6 is 0 Å². The summed E-state index contributed by atoms with van der Waals surface area (Å²) in [7, 11) is 0. The second-order valence-corrected chi connectivity index (χ2v) is 3.83. The van der Waals surface area contributed by atoms with Gasteiger partial charge in [0.2, 0.25) is 0 Å². The van der Waals surface area contributed by atoms with Crippen LogP contribution in [0.25, 0.3) is 0 Å². The molecular formula is C10H15FeN2O7-. The Morgan fingerprint density at radius 2 is 1.10 bits per heavy atom. The van der Waals surface area contributed by atoms with Crippen molar-refractivity contribution in [3.05, 3.63) is 0 Å². The molecule has 0 bridgehead atoms. The van der Waals surface area contributed by atoms with Gasteiger partial charge in [0.25, 0.3) is 0 Å². The number of hydrogen-bond acceptors (Lipinski definition) is 9. The second kappa shape index (κ2) is 11.6. The predicted octanol–water partition coefficient (Wildman–Crippen LogP) is -6.17. The minimum Gasteiger partial charge on any atom is -0.549 e. The van der Waals surface area contributed by atoms with Crippen LogP contribution in [0.3, 0.4) is 0 Å². The molecule has 0 radical (unpaired) electrons. The number of carboxylic acids is 3. The van der Waals surface area contributed by atoms with E-state index in [0.717, 1.165) is 4.90 Å². The number of rotatable bonds is 11. The molecule has 0 unspecified atom stereocenters. The molecule has 0 aliphatic heterocycles. The maximum atomic E-state index is 10.4. The molecule has 0 amide bonds. The molecule has 116 valence electrons. The van der Waals surface area contributed by atoms with E-state index in [9.17, 15) is 29.7 Å². The van der Waals surface area contributed by atoms with E-state index in [-0.39, 0.29) is 43.3 Å². The summed E-state index contributed by atoms with van der Waals surface area (Å²) in [5.41, 5.74) is 0. The van der Waals surface area contributed by atoms with E-state index in [4.69, 9.17) is 5.11 Å². The number of aliphatic hydroxyl groups excluding tert-OH is 1. The average Bonchev–Trinajstić information content (AvgIpc) is 2.23. The molecule has 0 aromatic rings. The number of carbonyl (C=O) groups excluding carboxylic acids is 3. The van der Waals surface area contributed by atoms with Gasteiger partial charge in [0.05, 0.1) is 24.5 Å². The molecule has 0 fully saturated rings. The van der Waals surface area contributed by atoms with Gasteiger partial charge < -0.3 is 34.8 Å². The van der Waals surface area contributed by atoms with Crippen molar-refractivity contribution in [1.29, 1.82) is 0 Å². The Morgan fingerprint density at radius 1 is 0.750 bits per heavy atom. The van der Waals surface area contributed by atoms with E-state index in [0.29, 0.717) is 0 Å². The molecule has 0 spiro atoms. The van der Waals surface area contributed by atoms with E-state index in [1.807, 2.05) is 0 Å². The quantitative estimate of drug-likeness (QED) is 0.365. The molecule has 1 N–H and O–H groups in total. The monoisotopic (exact) mass is 331 g/mol. The van der Waals surface area contributed by atoms with E-state index >= 15 is 0 Å². The third-order valence-corrected chi connectivity index (χ3v) is 2.21. The van der Waals surface area contributed by atoms with Crippen molar-refractivity contribution in [3.8, 4) is 0 Å².